The summed E-state index contributed by atoms with van der Waals surface area (Å²) in [7, 11) is 0. The van der Waals surface area contributed by atoms with Gasteiger partial charge in [0, 0.05) is 23.7 Å². The molecule has 0 aromatic carbocycles. The number of rotatable bonds is 4. The molecule has 0 radical (unpaired) electrons. The SMILES string of the molecule is CC(C)(CO)NC(=O)c1nn(-c2cc(F)ccn2)c2c1CC1CC21. The third-order valence-electron chi connectivity index (χ3n) is 4.75. The molecule has 126 valence electrons. The highest BCUT2D eigenvalue weighted by atomic mass is 19.1. The van der Waals surface area contributed by atoms with Crippen LogP contribution in [0.2, 0.25) is 0 Å². The minimum atomic E-state index is -0.730. The van der Waals surface area contributed by atoms with Gasteiger partial charge in [0.1, 0.15) is 5.82 Å². The Morgan fingerprint density at radius 3 is 3.04 bits per heavy atom. The number of nitrogens with one attached hydrogen (secondary N) is 1. The number of fused-ring (bicyclic) bond motifs is 3. The van der Waals surface area contributed by atoms with Crippen LogP contribution in [0.15, 0.2) is 18.3 Å². The highest BCUT2D eigenvalue weighted by Crippen LogP contribution is 2.57. The van der Waals surface area contributed by atoms with E-state index in [9.17, 15) is 14.3 Å². The molecule has 2 heterocycles. The zero-order chi connectivity index (χ0) is 17.1. The normalized spacial score (nSPS) is 21.3. The fourth-order valence-electron chi connectivity index (χ4n) is 3.39. The quantitative estimate of drug-likeness (QED) is 0.892. The second-order valence-corrected chi connectivity index (χ2v) is 7.26. The third-order valence-corrected chi connectivity index (χ3v) is 4.75. The lowest BCUT2D eigenvalue weighted by molar-refractivity contribution is 0.0863. The molecule has 2 N–H and O–H groups in total. The summed E-state index contributed by atoms with van der Waals surface area (Å²) < 4.78 is 15.2. The molecule has 2 aromatic rings. The molecule has 2 aliphatic rings. The molecule has 6 nitrogen and oxygen atoms in total. The fraction of sp³-hybridized carbons (Fsp3) is 0.471. The summed E-state index contributed by atoms with van der Waals surface area (Å²) in [5.41, 5.74) is 1.52. The molecular weight excluding hydrogens is 311 g/mol. The molecule has 2 aromatic heterocycles. The van der Waals surface area contributed by atoms with Gasteiger partial charge in [-0.2, -0.15) is 5.10 Å². The van der Waals surface area contributed by atoms with Crippen molar-refractivity contribution >= 4 is 5.91 Å². The van der Waals surface area contributed by atoms with Crippen molar-refractivity contribution < 1.29 is 14.3 Å². The summed E-state index contributed by atoms with van der Waals surface area (Å²) in [4.78, 5) is 16.8. The lowest BCUT2D eigenvalue weighted by Crippen LogP contribution is -2.46. The van der Waals surface area contributed by atoms with Gasteiger partial charge in [0.05, 0.1) is 17.8 Å². The number of pyridine rings is 1. The Morgan fingerprint density at radius 2 is 2.33 bits per heavy atom. The highest BCUT2D eigenvalue weighted by molar-refractivity contribution is 5.95. The molecular formula is C17H19FN4O2. The number of carbonyl (C=O) groups excluding carboxylic acids is 1. The molecule has 2 atom stereocenters. The summed E-state index contributed by atoms with van der Waals surface area (Å²) in [6, 6.07) is 2.60. The van der Waals surface area contributed by atoms with E-state index in [1.807, 2.05) is 0 Å². The Kier molecular flexibility index (Phi) is 3.25. The first kappa shape index (κ1) is 15.3. The molecule has 1 fully saturated rings. The maximum Gasteiger partial charge on any atom is 0.272 e. The van der Waals surface area contributed by atoms with E-state index in [-0.39, 0.29) is 18.3 Å². The predicted molar refractivity (Wildman–Crippen MR) is 84.5 cm³/mol. The molecule has 7 heteroatoms. The van der Waals surface area contributed by atoms with E-state index in [1.54, 1.807) is 18.5 Å². The Bertz CT molecular complexity index is 830. The van der Waals surface area contributed by atoms with Gasteiger partial charge in [-0.1, -0.05) is 0 Å². The fourth-order valence-corrected chi connectivity index (χ4v) is 3.39. The van der Waals surface area contributed by atoms with Crippen molar-refractivity contribution in [3.05, 3.63) is 41.1 Å². The van der Waals surface area contributed by atoms with Crippen LogP contribution in [0.4, 0.5) is 4.39 Å². The van der Waals surface area contributed by atoms with E-state index in [4.69, 9.17) is 0 Å². The first-order valence-corrected chi connectivity index (χ1v) is 8.07. The summed E-state index contributed by atoms with van der Waals surface area (Å²) in [5.74, 6) is 0.614. The smallest absolute Gasteiger partial charge is 0.272 e. The Labute approximate surface area is 138 Å². The lowest BCUT2D eigenvalue weighted by Gasteiger charge is -2.23. The average molecular weight is 330 g/mol. The number of nitrogens with zero attached hydrogens (tertiary/aromatic N) is 3. The summed E-state index contributed by atoms with van der Waals surface area (Å²) in [5, 5.41) is 16.6. The lowest BCUT2D eigenvalue weighted by atomic mass is 10.1. The van der Waals surface area contributed by atoms with Gasteiger partial charge in [0.15, 0.2) is 11.5 Å². The number of halogens is 1. The van der Waals surface area contributed by atoms with Crippen LogP contribution >= 0.6 is 0 Å². The van der Waals surface area contributed by atoms with Crippen LogP contribution in [-0.4, -0.2) is 37.9 Å². The summed E-state index contributed by atoms with van der Waals surface area (Å²) in [6.45, 7) is 3.32. The average Bonchev–Trinajstić information content (AvgIpc) is 3.03. The van der Waals surface area contributed by atoms with Crippen molar-refractivity contribution in [1.29, 1.82) is 0 Å². The molecule has 0 spiro atoms. The van der Waals surface area contributed by atoms with Crippen molar-refractivity contribution in [2.75, 3.05) is 6.61 Å². The molecule has 0 saturated heterocycles. The zero-order valence-corrected chi connectivity index (χ0v) is 13.6. The monoisotopic (exact) mass is 330 g/mol. The Balaban J connectivity index is 1.76. The standard InChI is InChI=1S/C17H19FN4O2/c1-17(2,8-23)20-16(24)14-12-6-9-5-11(9)15(12)22(21-14)13-7-10(18)3-4-19-13/h3-4,7,9,11,23H,5-6,8H2,1-2H3,(H,20,24). The largest absolute Gasteiger partial charge is 0.394 e. The van der Waals surface area contributed by atoms with Crippen LogP contribution in [0, 0.1) is 11.7 Å². The molecule has 0 bridgehead atoms. The number of aromatic nitrogens is 3. The summed E-state index contributed by atoms with van der Waals surface area (Å²) in [6.07, 6.45) is 3.29. The van der Waals surface area contributed by atoms with Gasteiger partial charge in [-0.25, -0.2) is 14.1 Å². The van der Waals surface area contributed by atoms with Crippen LogP contribution in [0.5, 0.6) is 0 Å². The number of hydrogen-bond acceptors (Lipinski definition) is 4. The van der Waals surface area contributed by atoms with E-state index in [0.717, 1.165) is 24.1 Å². The molecule has 0 aliphatic heterocycles. The van der Waals surface area contributed by atoms with Crippen LogP contribution in [0.25, 0.3) is 5.82 Å². The van der Waals surface area contributed by atoms with Crippen molar-refractivity contribution in [3.63, 3.8) is 0 Å². The predicted octanol–water partition coefficient (Wildman–Crippen LogP) is 1.57. The van der Waals surface area contributed by atoms with Gasteiger partial charge in [-0.3, -0.25) is 4.79 Å². The second kappa shape index (κ2) is 5.11. The van der Waals surface area contributed by atoms with Gasteiger partial charge in [-0.05, 0) is 38.7 Å². The molecule has 2 aliphatic carbocycles. The Hall–Kier alpha value is -2.28. The maximum absolute atomic E-state index is 13.6. The van der Waals surface area contributed by atoms with Gasteiger partial charge in [0.2, 0.25) is 0 Å². The first-order valence-electron chi connectivity index (χ1n) is 8.07. The van der Waals surface area contributed by atoms with E-state index in [2.05, 4.69) is 15.4 Å². The van der Waals surface area contributed by atoms with Crippen molar-refractivity contribution in [2.45, 2.75) is 38.1 Å². The van der Waals surface area contributed by atoms with Gasteiger partial charge < -0.3 is 10.4 Å². The third kappa shape index (κ3) is 2.39. The molecule has 24 heavy (non-hydrogen) atoms. The highest BCUT2D eigenvalue weighted by Gasteiger charge is 2.50. The van der Waals surface area contributed by atoms with Crippen molar-refractivity contribution in [1.82, 2.24) is 20.1 Å². The topological polar surface area (TPSA) is 80.0 Å². The van der Waals surface area contributed by atoms with E-state index >= 15 is 0 Å². The van der Waals surface area contributed by atoms with Crippen LogP contribution < -0.4 is 5.32 Å². The second-order valence-electron chi connectivity index (χ2n) is 7.26. The number of amides is 1. The van der Waals surface area contributed by atoms with E-state index < -0.39 is 5.54 Å². The number of hydrogen-bond donors (Lipinski definition) is 2. The summed E-state index contributed by atoms with van der Waals surface area (Å²) >= 11 is 0. The van der Waals surface area contributed by atoms with Crippen LogP contribution in [0.1, 0.15) is 47.9 Å². The molecule has 1 amide bonds. The number of aliphatic hydroxyl groups is 1. The molecule has 4 rings (SSSR count). The van der Waals surface area contributed by atoms with Crippen molar-refractivity contribution in [2.24, 2.45) is 5.92 Å². The molecule has 2 unspecified atom stereocenters. The van der Waals surface area contributed by atoms with Gasteiger partial charge in [0.25, 0.3) is 5.91 Å². The van der Waals surface area contributed by atoms with Crippen LogP contribution in [-0.2, 0) is 6.42 Å². The molecule has 1 saturated carbocycles. The van der Waals surface area contributed by atoms with Gasteiger partial charge in [-0.15, -0.1) is 0 Å². The van der Waals surface area contributed by atoms with E-state index in [0.29, 0.717) is 23.3 Å². The minimum absolute atomic E-state index is 0.168. The zero-order valence-electron chi connectivity index (χ0n) is 13.6. The maximum atomic E-state index is 13.6. The number of aliphatic hydroxyl groups excluding tert-OH is 1. The first-order chi connectivity index (χ1) is 11.4. The van der Waals surface area contributed by atoms with E-state index in [1.165, 1.54) is 18.3 Å². The number of carbonyl (C=O) groups is 1. The minimum Gasteiger partial charge on any atom is -0.394 e. The van der Waals surface area contributed by atoms with Crippen molar-refractivity contribution in [3.8, 4) is 5.82 Å². The van der Waals surface area contributed by atoms with Gasteiger partial charge >= 0.3 is 0 Å². The van der Waals surface area contributed by atoms with Crippen LogP contribution in [0.3, 0.4) is 0 Å². The Morgan fingerprint density at radius 1 is 1.54 bits per heavy atom.